The lowest BCUT2D eigenvalue weighted by molar-refractivity contribution is 0.0750. The smallest absolute Gasteiger partial charge is 0.255 e. The Morgan fingerprint density at radius 3 is 2.73 bits per heavy atom. The Morgan fingerprint density at radius 2 is 2.03 bits per heavy atom. The van der Waals surface area contributed by atoms with E-state index in [1.807, 2.05) is 18.3 Å². The molecule has 0 bridgehead atoms. The average Bonchev–Trinajstić information content (AvgIpc) is 3.49. The predicted octanol–water partition coefficient (Wildman–Crippen LogP) is 3.18. The predicted molar refractivity (Wildman–Crippen MR) is 115 cm³/mol. The van der Waals surface area contributed by atoms with Gasteiger partial charge in [-0.05, 0) is 55.9 Å². The van der Waals surface area contributed by atoms with E-state index in [4.69, 9.17) is 9.47 Å². The summed E-state index contributed by atoms with van der Waals surface area (Å²) < 4.78 is 11.6. The van der Waals surface area contributed by atoms with E-state index in [2.05, 4.69) is 20.4 Å². The minimum atomic E-state index is -0.143. The van der Waals surface area contributed by atoms with E-state index in [1.165, 1.54) is 25.7 Å². The van der Waals surface area contributed by atoms with Gasteiger partial charge in [-0.25, -0.2) is 0 Å². The van der Waals surface area contributed by atoms with Crippen LogP contribution in [-0.2, 0) is 6.42 Å². The topological polar surface area (TPSA) is 79.5 Å². The molecule has 0 radical (unpaired) electrons. The summed E-state index contributed by atoms with van der Waals surface area (Å²) in [5, 5.41) is 9.71. The third kappa shape index (κ3) is 5.14. The first kappa shape index (κ1) is 20.7. The highest BCUT2D eigenvalue weighted by atomic mass is 16.5. The van der Waals surface area contributed by atoms with Gasteiger partial charge in [-0.1, -0.05) is 12.8 Å². The van der Waals surface area contributed by atoms with E-state index in [0.717, 1.165) is 44.0 Å². The van der Waals surface area contributed by atoms with Crippen LogP contribution in [0.25, 0.3) is 0 Å². The van der Waals surface area contributed by atoms with Gasteiger partial charge in [0.2, 0.25) is 0 Å². The van der Waals surface area contributed by atoms with Crippen molar-refractivity contribution in [3.63, 3.8) is 0 Å². The highest BCUT2D eigenvalue weighted by Gasteiger charge is 2.28. The first-order chi connectivity index (χ1) is 14.7. The molecule has 1 saturated carbocycles. The Bertz CT molecular complexity index is 810. The third-order valence-electron chi connectivity index (χ3n) is 6.30. The summed E-state index contributed by atoms with van der Waals surface area (Å²) in [6, 6.07) is 6.23. The third-order valence-corrected chi connectivity index (χ3v) is 6.30. The molecule has 2 aromatic rings. The van der Waals surface area contributed by atoms with Gasteiger partial charge in [0.15, 0.2) is 0 Å². The van der Waals surface area contributed by atoms with Crippen molar-refractivity contribution < 1.29 is 14.3 Å². The molecule has 30 heavy (non-hydrogen) atoms. The summed E-state index contributed by atoms with van der Waals surface area (Å²) in [6.07, 6.45) is 11.9. The van der Waals surface area contributed by atoms with Crippen molar-refractivity contribution in [3.05, 3.63) is 41.7 Å². The molecule has 0 spiro atoms. The number of nitrogens with zero attached hydrogens (tertiary/aromatic N) is 2. The van der Waals surface area contributed by atoms with Gasteiger partial charge in [0.05, 0.1) is 18.9 Å². The van der Waals surface area contributed by atoms with Crippen LogP contribution < -0.4 is 14.8 Å². The van der Waals surface area contributed by atoms with Gasteiger partial charge >= 0.3 is 0 Å². The van der Waals surface area contributed by atoms with Crippen LogP contribution in [0.15, 0.2) is 30.6 Å². The number of aromatic amines is 1. The first-order valence-electron chi connectivity index (χ1n) is 11.1. The summed E-state index contributed by atoms with van der Waals surface area (Å²) in [4.78, 5) is 15.5. The molecule has 2 fully saturated rings. The Hall–Kier alpha value is -2.54. The number of carbonyl (C=O) groups excluding carboxylic acids is 1. The maximum atomic E-state index is 12.9. The Kier molecular flexibility index (Phi) is 6.89. The molecular weight excluding hydrogens is 380 g/mol. The molecule has 0 unspecified atom stereocenters. The quantitative estimate of drug-likeness (QED) is 0.696. The molecule has 1 aromatic heterocycles. The van der Waals surface area contributed by atoms with Gasteiger partial charge in [-0.2, -0.15) is 5.10 Å². The Morgan fingerprint density at radius 1 is 1.23 bits per heavy atom. The number of benzene rings is 1. The zero-order valence-corrected chi connectivity index (χ0v) is 17.7. The van der Waals surface area contributed by atoms with Crippen molar-refractivity contribution in [3.8, 4) is 11.5 Å². The SMILES string of the molecule is COc1ccc(OC2CCN(C3CCCC3)CC2)c(C(=O)NCCc2cn[nH]c2)c1. The summed E-state index contributed by atoms with van der Waals surface area (Å²) in [5.74, 6) is 1.14. The number of likely N-dealkylation sites (tertiary alicyclic amines) is 1. The number of methoxy groups -OCH3 is 1. The summed E-state index contributed by atoms with van der Waals surface area (Å²) >= 11 is 0. The zero-order valence-electron chi connectivity index (χ0n) is 17.7. The molecule has 0 atom stereocenters. The molecule has 1 saturated heterocycles. The van der Waals surface area contributed by atoms with E-state index >= 15 is 0 Å². The van der Waals surface area contributed by atoms with E-state index in [1.54, 1.807) is 19.4 Å². The number of carbonyl (C=O) groups is 1. The highest BCUT2D eigenvalue weighted by Crippen LogP contribution is 2.30. The second-order valence-electron chi connectivity index (χ2n) is 8.27. The molecule has 2 heterocycles. The molecule has 2 N–H and O–H groups in total. The minimum Gasteiger partial charge on any atom is -0.497 e. The van der Waals surface area contributed by atoms with Gasteiger partial charge in [-0.15, -0.1) is 0 Å². The lowest BCUT2D eigenvalue weighted by atomic mass is 10.0. The molecule has 1 aliphatic carbocycles. The van der Waals surface area contributed by atoms with Crippen LogP contribution in [0.2, 0.25) is 0 Å². The van der Waals surface area contributed by atoms with Crippen LogP contribution in [0, 0.1) is 0 Å². The van der Waals surface area contributed by atoms with Crippen molar-refractivity contribution in [2.24, 2.45) is 0 Å². The van der Waals surface area contributed by atoms with Crippen LogP contribution in [0.3, 0.4) is 0 Å². The van der Waals surface area contributed by atoms with Gasteiger partial charge in [-0.3, -0.25) is 9.89 Å². The largest absolute Gasteiger partial charge is 0.497 e. The molecule has 162 valence electrons. The molecular formula is C23H32N4O3. The Labute approximate surface area is 178 Å². The van der Waals surface area contributed by atoms with Crippen LogP contribution in [0.5, 0.6) is 11.5 Å². The van der Waals surface area contributed by atoms with E-state index in [-0.39, 0.29) is 12.0 Å². The fourth-order valence-electron chi connectivity index (χ4n) is 4.55. The number of rotatable bonds is 8. The molecule has 1 aromatic carbocycles. The number of amides is 1. The number of H-pyrrole nitrogens is 1. The summed E-state index contributed by atoms with van der Waals surface area (Å²) in [5.41, 5.74) is 1.59. The standard InChI is InChI=1S/C23H32N4O3/c1-29-20-6-7-22(21(14-20)23(28)24-11-8-17-15-25-26-16-17)30-19-9-12-27(13-10-19)18-4-2-3-5-18/h6-7,14-16,18-19H,2-5,8-13H2,1H3,(H,24,28)(H,25,26). The van der Waals surface area contributed by atoms with E-state index < -0.39 is 0 Å². The minimum absolute atomic E-state index is 0.143. The maximum Gasteiger partial charge on any atom is 0.255 e. The van der Waals surface area contributed by atoms with E-state index in [9.17, 15) is 4.79 Å². The van der Waals surface area contributed by atoms with Crippen LogP contribution in [0.4, 0.5) is 0 Å². The fraction of sp³-hybridized carbons (Fsp3) is 0.565. The van der Waals surface area contributed by atoms with Crippen LogP contribution >= 0.6 is 0 Å². The summed E-state index contributed by atoms with van der Waals surface area (Å²) in [6.45, 7) is 2.70. The van der Waals surface area contributed by atoms with Gasteiger partial charge in [0.1, 0.15) is 17.6 Å². The fourth-order valence-corrected chi connectivity index (χ4v) is 4.55. The molecule has 1 aliphatic heterocycles. The van der Waals surface area contributed by atoms with Crippen molar-refractivity contribution >= 4 is 5.91 Å². The van der Waals surface area contributed by atoms with Crippen molar-refractivity contribution in [2.75, 3.05) is 26.7 Å². The van der Waals surface area contributed by atoms with Crippen molar-refractivity contribution in [2.45, 2.75) is 57.1 Å². The van der Waals surface area contributed by atoms with E-state index in [0.29, 0.717) is 23.6 Å². The van der Waals surface area contributed by atoms with Crippen LogP contribution in [-0.4, -0.2) is 59.9 Å². The van der Waals surface area contributed by atoms with Gasteiger partial charge in [0, 0.05) is 31.9 Å². The lowest BCUT2D eigenvalue weighted by Gasteiger charge is -2.36. The van der Waals surface area contributed by atoms with Crippen molar-refractivity contribution in [1.29, 1.82) is 0 Å². The maximum absolute atomic E-state index is 12.9. The number of ether oxygens (including phenoxy) is 2. The zero-order chi connectivity index (χ0) is 20.8. The van der Waals surface area contributed by atoms with Gasteiger partial charge in [0.25, 0.3) is 5.91 Å². The van der Waals surface area contributed by atoms with Gasteiger partial charge < -0.3 is 19.7 Å². The number of hydrogen-bond donors (Lipinski definition) is 2. The normalized spacial score (nSPS) is 18.4. The molecule has 4 rings (SSSR count). The number of hydrogen-bond acceptors (Lipinski definition) is 5. The second kappa shape index (κ2) is 9.98. The first-order valence-corrected chi connectivity index (χ1v) is 11.1. The monoisotopic (exact) mass is 412 g/mol. The molecule has 7 heteroatoms. The molecule has 1 amide bonds. The Balaban J connectivity index is 1.35. The molecule has 2 aliphatic rings. The lowest BCUT2D eigenvalue weighted by Crippen LogP contribution is -2.43. The second-order valence-corrected chi connectivity index (χ2v) is 8.27. The molecule has 7 nitrogen and oxygen atoms in total. The highest BCUT2D eigenvalue weighted by molar-refractivity contribution is 5.97. The number of piperidine rings is 1. The average molecular weight is 413 g/mol. The number of aromatic nitrogens is 2. The van der Waals surface area contributed by atoms with Crippen molar-refractivity contribution in [1.82, 2.24) is 20.4 Å². The summed E-state index contributed by atoms with van der Waals surface area (Å²) in [7, 11) is 1.61. The number of nitrogens with one attached hydrogen (secondary N) is 2. The van der Waals surface area contributed by atoms with Crippen LogP contribution in [0.1, 0.15) is 54.4 Å².